The number of hydrogen-bond donors (Lipinski definition) is 1. The topological polar surface area (TPSA) is 29.1 Å². The number of halogens is 1. The van der Waals surface area contributed by atoms with E-state index in [9.17, 15) is 4.79 Å². The molecular formula is C13H18BrNOS. The first-order chi connectivity index (χ1) is 8.15. The third-order valence-electron chi connectivity index (χ3n) is 2.48. The molecule has 0 radical (unpaired) electrons. The molecule has 0 spiro atoms. The number of hydrogen-bond acceptors (Lipinski definition) is 2. The van der Waals surface area contributed by atoms with Gasteiger partial charge in [-0.3, -0.25) is 4.79 Å². The molecule has 0 saturated carbocycles. The third kappa shape index (κ3) is 5.13. The van der Waals surface area contributed by atoms with Crippen LogP contribution >= 0.6 is 27.7 Å². The molecule has 0 aliphatic heterocycles. The molecule has 0 bridgehead atoms. The van der Waals surface area contributed by atoms with Crippen LogP contribution in [0.2, 0.25) is 0 Å². The summed E-state index contributed by atoms with van der Waals surface area (Å²) in [4.78, 5) is 11.8. The molecule has 1 rings (SSSR count). The fraction of sp³-hybridized carbons (Fsp3) is 0.462. The van der Waals surface area contributed by atoms with Crippen LogP contribution in [0.25, 0.3) is 0 Å². The van der Waals surface area contributed by atoms with Crippen molar-refractivity contribution in [2.75, 3.05) is 18.6 Å². The monoisotopic (exact) mass is 315 g/mol. The lowest BCUT2D eigenvalue weighted by atomic mass is 10.1. The number of amides is 1. The van der Waals surface area contributed by atoms with Crippen molar-refractivity contribution >= 4 is 33.6 Å². The predicted octanol–water partition coefficient (Wildman–Crippen LogP) is 3.63. The van der Waals surface area contributed by atoms with Crippen LogP contribution in [0.4, 0.5) is 0 Å². The van der Waals surface area contributed by atoms with Gasteiger partial charge in [0.05, 0.1) is 0 Å². The SMILES string of the molecule is CSCCCCNC(=O)c1ccc(Br)c(C)c1. The van der Waals surface area contributed by atoms with E-state index in [0.717, 1.165) is 40.7 Å². The van der Waals surface area contributed by atoms with Crippen molar-refractivity contribution in [1.82, 2.24) is 5.32 Å². The Morgan fingerprint density at radius 1 is 1.41 bits per heavy atom. The smallest absolute Gasteiger partial charge is 0.251 e. The summed E-state index contributed by atoms with van der Waals surface area (Å²) in [5, 5.41) is 2.94. The Morgan fingerprint density at radius 3 is 2.82 bits per heavy atom. The van der Waals surface area contributed by atoms with E-state index in [0.29, 0.717) is 0 Å². The molecule has 0 heterocycles. The van der Waals surface area contributed by atoms with Crippen molar-refractivity contribution in [2.24, 2.45) is 0 Å². The highest BCUT2D eigenvalue weighted by molar-refractivity contribution is 9.10. The Labute approximate surface area is 116 Å². The number of benzene rings is 1. The summed E-state index contributed by atoms with van der Waals surface area (Å²) in [7, 11) is 0. The molecule has 0 aromatic heterocycles. The van der Waals surface area contributed by atoms with Gasteiger partial charge in [0, 0.05) is 16.6 Å². The molecule has 2 nitrogen and oxygen atoms in total. The number of carbonyl (C=O) groups excluding carboxylic acids is 1. The van der Waals surface area contributed by atoms with Crippen molar-refractivity contribution in [3.8, 4) is 0 Å². The molecular weight excluding hydrogens is 298 g/mol. The van der Waals surface area contributed by atoms with E-state index in [2.05, 4.69) is 27.5 Å². The molecule has 94 valence electrons. The van der Waals surface area contributed by atoms with Crippen molar-refractivity contribution in [3.63, 3.8) is 0 Å². The van der Waals surface area contributed by atoms with Crippen LogP contribution < -0.4 is 5.32 Å². The Bertz CT molecular complexity index is 382. The van der Waals surface area contributed by atoms with Gasteiger partial charge in [-0.05, 0) is 55.5 Å². The average Bonchev–Trinajstić information content (AvgIpc) is 2.32. The molecule has 0 aliphatic rings. The zero-order valence-corrected chi connectivity index (χ0v) is 12.7. The minimum absolute atomic E-state index is 0.0183. The molecule has 0 aliphatic carbocycles. The molecule has 1 N–H and O–H groups in total. The lowest BCUT2D eigenvalue weighted by molar-refractivity contribution is 0.0953. The molecule has 0 atom stereocenters. The van der Waals surface area contributed by atoms with Crippen LogP contribution in [0.3, 0.4) is 0 Å². The zero-order chi connectivity index (χ0) is 12.7. The van der Waals surface area contributed by atoms with E-state index in [4.69, 9.17) is 0 Å². The summed E-state index contributed by atoms with van der Waals surface area (Å²) in [6.45, 7) is 2.74. The molecule has 4 heteroatoms. The van der Waals surface area contributed by atoms with Crippen LogP contribution in [-0.4, -0.2) is 24.5 Å². The highest BCUT2D eigenvalue weighted by Gasteiger charge is 2.05. The number of aryl methyl sites for hydroxylation is 1. The Hall–Kier alpha value is -0.480. The van der Waals surface area contributed by atoms with Gasteiger partial charge in [-0.1, -0.05) is 15.9 Å². The standard InChI is InChI=1S/C13H18BrNOS/c1-10-9-11(5-6-12(10)14)13(16)15-7-3-4-8-17-2/h5-6,9H,3-4,7-8H2,1-2H3,(H,15,16). The highest BCUT2D eigenvalue weighted by Crippen LogP contribution is 2.16. The lowest BCUT2D eigenvalue weighted by Crippen LogP contribution is -2.24. The Kier molecular flexibility index (Phi) is 6.66. The zero-order valence-electron chi connectivity index (χ0n) is 10.3. The Balaban J connectivity index is 2.39. The maximum atomic E-state index is 11.8. The van der Waals surface area contributed by atoms with Gasteiger partial charge in [-0.2, -0.15) is 11.8 Å². The van der Waals surface area contributed by atoms with Crippen LogP contribution in [0.1, 0.15) is 28.8 Å². The van der Waals surface area contributed by atoms with Gasteiger partial charge >= 0.3 is 0 Å². The van der Waals surface area contributed by atoms with E-state index in [1.807, 2.05) is 36.9 Å². The maximum Gasteiger partial charge on any atom is 0.251 e. The van der Waals surface area contributed by atoms with Gasteiger partial charge in [0.2, 0.25) is 0 Å². The van der Waals surface area contributed by atoms with Gasteiger partial charge in [0.25, 0.3) is 5.91 Å². The highest BCUT2D eigenvalue weighted by atomic mass is 79.9. The largest absolute Gasteiger partial charge is 0.352 e. The van der Waals surface area contributed by atoms with Crippen molar-refractivity contribution in [2.45, 2.75) is 19.8 Å². The van der Waals surface area contributed by atoms with Crippen LogP contribution in [0.15, 0.2) is 22.7 Å². The molecule has 1 aromatic rings. The second-order valence-corrected chi connectivity index (χ2v) is 5.76. The van der Waals surface area contributed by atoms with Gasteiger partial charge < -0.3 is 5.32 Å². The van der Waals surface area contributed by atoms with Gasteiger partial charge in [0.1, 0.15) is 0 Å². The van der Waals surface area contributed by atoms with E-state index in [1.165, 1.54) is 0 Å². The fourth-order valence-electron chi connectivity index (χ4n) is 1.46. The van der Waals surface area contributed by atoms with E-state index < -0.39 is 0 Å². The molecule has 17 heavy (non-hydrogen) atoms. The minimum Gasteiger partial charge on any atom is -0.352 e. The van der Waals surface area contributed by atoms with E-state index in [-0.39, 0.29) is 5.91 Å². The average molecular weight is 316 g/mol. The van der Waals surface area contributed by atoms with Crippen LogP contribution in [-0.2, 0) is 0 Å². The summed E-state index contributed by atoms with van der Waals surface area (Å²) < 4.78 is 1.04. The minimum atomic E-state index is 0.0183. The molecule has 0 saturated heterocycles. The number of thioether (sulfide) groups is 1. The normalized spacial score (nSPS) is 10.3. The predicted molar refractivity (Wildman–Crippen MR) is 78.8 cm³/mol. The van der Waals surface area contributed by atoms with Crippen molar-refractivity contribution in [1.29, 1.82) is 0 Å². The van der Waals surface area contributed by atoms with Crippen molar-refractivity contribution in [3.05, 3.63) is 33.8 Å². The summed E-state index contributed by atoms with van der Waals surface area (Å²) >= 11 is 5.27. The number of carbonyl (C=O) groups is 1. The molecule has 1 aromatic carbocycles. The van der Waals surface area contributed by atoms with Crippen LogP contribution in [0.5, 0.6) is 0 Å². The second kappa shape index (κ2) is 7.77. The van der Waals surface area contributed by atoms with E-state index >= 15 is 0 Å². The summed E-state index contributed by atoms with van der Waals surface area (Å²) in [5.74, 6) is 1.18. The first-order valence-electron chi connectivity index (χ1n) is 5.68. The van der Waals surface area contributed by atoms with Gasteiger partial charge in [0.15, 0.2) is 0 Å². The first-order valence-corrected chi connectivity index (χ1v) is 7.87. The summed E-state index contributed by atoms with van der Waals surface area (Å²) in [6, 6.07) is 5.66. The number of rotatable bonds is 6. The van der Waals surface area contributed by atoms with Gasteiger partial charge in [-0.15, -0.1) is 0 Å². The number of unbranched alkanes of at least 4 members (excludes halogenated alkanes) is 1. The first kappa shape index (κ1) is 14.6. The van der Waals surface area contributed by atoms with E-state index in [1.54, 1.807) is 0 Å². The maximum absolute atomic E-state index is 11.8. The lowest BCUT2D eigenvalue weighted by Gasteiger charge is -2.06. The molecule has 0 fully saturated rings. The molecule has 1 amide bonds. The van der Waals surface area contributed by atoms with Crippen LogP contribution in [0, 0.1) is 6.92 Å². The molecule has 0 unspecified atom stereocenters. The summed E-state index contributed by atoms with van der Waals surface area (Å²) in [5.41, 5.74) is 1.82. The third-order valence-corrected chi connectivity index (χ3v) is 4.07. The van der Waals surface area contributed by atoms with Crippen molar-refractivity contribution < 1.29 is 4.79 Å². The second-order valence-electron chi connectivity index (χ2n) is 3.92. The van der Waals surface area contributed by atoms with Gasteiger partial charge in [-0.25, -0.2) is 0 Å². The quantitative estimate of drug-likeness (QED) is 0.812. The Morgan fingerprint density at radius 2 is 2.18 bits per heavy atom. The fourth-order valence-corrected chi connectivity index (χ4v) is 2.20. The number of nitrogens with one attached hydrogen (secondary N) is 1. The summed E-state index contributed by atoms with van der Waals surface area (Å²) in [6.07, 6.45) is 4.30.